The predicted octanol–water partition coefficient (Wildman–Crippen LogP) is 0.889. The molecule has 1 aliphatic carbocycles. The molecule has 1 saturated carbocycles. The fraction of sp³-hybridized carbons (Fsp3) is 0.875. The van der Waals surface area contributed by atoms with Crippen molar-refractivity contribution in [2.45, 2.75) is 31.0 Å². The Labute approximate surface area is 80.0 Å². The summed E-state index contributed by atoms with van der Waals surface area (Å²) < 4.78 is 35.5. The number of hydrogen-bond acceptors (Lipinski definition) is 2. The van der Waals surface area contributed by atoms with E-state index in [0.29, 0.717) is 12.8 Å². The Morgan fingerprint density at radius 2 is 2.00 bits per heavy atom. The molecule has 0 aliphatic heterocycles. The van der Waals surface area contributed by atoms with Gasteiger partial charge in [0.05, 0.1) is 12.0 Å². The average molecular weight is 210 g/mol. The van der Waals surface area contributed by atoms with Crippen molar-refractivity contribution < 1.29 is 18.0 Å². The molecule has 0 unspecified atom stereocenters. The van der Waals surface area contributed by atoms with Gasteiger partial charge >= 0.3 is 6.18 Å². The molecular formula is C8H13F3N2O. The minimum atomic E-state index is -4.22. The molecule has 0 aromatic carbocycles. The summed E-state index contributed by atoms with van der Waals surface area (Å²) in [5.74, 6) is -0.387. The van der Waals surface area contributed by atoms with Crippen LogP contribution in [0.25, 0.3) is 0 Å². The van der Waals surface area contributed by atoms with E-state index in [2.05, 4.69) is 0 Å². The number of likely N-dealkylation sites (N-methyl/N-ethyl adjacent to an activating group) is 1. The molecule has 82 valence electrons. The van der Waals surface area contributed by atoms with Crippen LogP contribution in [-0.2, 0) is 4.79 Å². The number of alkyl halides is 3. The molecule has 0 atom stereocenters. The van der Waals surface area contributed by atoms with E-state index >= 15 is 0 Å². The second-order valence-electron chi connectivity index (χ2n) is 3.75. The maximum absolute atomic E-state index is 11.8. The van der Waals surface area contributed by atoms with Gasteiger partial charge in [0.25, 0.3) is 0 Å². The summed E-state index contributed by atoms with van der Waals surface area (Å²) in [7, 11) is 1.35. The number of rotatable bonds is 3. The van der Waals surface area contributed by atoms with Crippen LogP contribution in [0, 0.1) is 0 Å². The summed E-state index contributed by atoms with van der Waals surface area (Å²) in [6, 6.07) is 0. The molecule has 1 fully saturated rings. The molecule has 1 rings (SSSR count). The number of nitrogens with two attached hydrogens (primary N) is 1. The van der Waals surface area contributed by atoms with E-state index in [0.717, 1.165) is 4.90 Å². The summed E-state index contributed by atoms with van der Waals surface area (Å²) >= 11 is 0. The quantitative estimate of drug-likeness (QED) is 0.751. The average Bonchev–Trinajstić information content (AvgIpc) is 2.78. The highest BCUT2D eigenvalue weighted by Gasteiger charge is 2.47. The third kappa shape index (κ3) is 2.87. The van der Waals surface area contributed by atoms with Crippen LogP contribution in [0.3, 0.4) is 0 Å². The number of carbonyl (C=O) groups excluding carboxylic acids is 1. The van der Waals surface area contributed by atoms with E-state index in [1.165, 1.54) is 7.05 Å². The van der Waals surface area contributed by atoms with Crippen molar-refractivity contribution in [2.24, 2.45) is 5.73 Å². The van der Waals surface area contributed by atoms with Gasteiger partial charge in [0.2, 0.25) is 5.91 Å². The van der Waals surface area contributed by atoms with Gasteiger partial charge in [-0.05, 0) is 12.8 Å². The highest BCUT2D eigenvalue weighted by atomic mass is 19.4. The molecule has 0 radical (unpaired) electrons. The lowest BCUT2D eigenvalue weighted by Gasteiger charge is -2.21. The molecule has 2 N–H and O–H groups in total. The molecule has 0 saturated heterocycles. The third-order valence-corrected chi connectivity index (χ3v) is 2.29. The molecule has 1 amide bonds. The number of amides is 1. The normalized spacial score (nSPS) is 19.2. The van der Waals surface area contributed by atoms with Crippen molar-refractivity contribution in [1.82, 2.24) is 4.90 Å². The minimum Gasteiger partial charge on any atom is -0.344 e. The Balaban J connectivity index is 2.35. The van der Waals surface area contributed by atoms with Crippen LogP contribution < -0.4 is 5.73 Å². The highest BCUT2D eigenvalue weighted by Crippen LogP contribution is 2.34. The van der Waals surface area contributed by atoms with Gasteiger partial charge < -0.3 is 10.6 Å². The highest BCUT2D eigenvalue weighted by molar-refractivity contribution is 5.88. The van der Waals surface area contributed by atoms with Crippen molar-refractivity contribution in [3.05, 3.63) is 0 Å². The van der Waals surface area contributed by atoms with E-state index in [4.69, 9.17) is 5.73 Å². The number of carbonyl (C=O) groups is 1. The largest absolute Gasteiger partial charge is 0.390 e. The molecule has 0 aromatic rings. The van der Waals surface area contributed by atoms with E-state index in [-0.39, 0.29) is 12.5 Å². The van der Waals surface area contributed by atoms with Crippen molar-refractivity contribution in [1.29, 1.82) is 0 Å². The van der Waals surface area contributed by atoms with Crippen molar-refractivity contribution in [3.8, 4) is 0 Å². The number of hydrogen-bond donors (Lipinski definition) is 1. The smallest absolute Gasteiger partial charge is 0.344 e. The summed E-state index contributed by atoms with van der Waals surface area (Å²) in [4.78, 5) is 12.4. The van der Waals surface area contributed by atoms with Gasteiger partial charge in [-0.15, -0.1) is 0 Å². The lowest BCUT2D eigenvalue weighted by Crippen LogP contribution is -2.44. The summed E-state index contributed by atoms with van der Waals surface area (Å²) in [6.45, 7) is -0.318. The molecule has 1 aliphatic rings. The topological polar surface area (TPSA) is 46.3 Å². The predicted molar refractivity (Wildman–Crippen MR) is 44.5 cm³/mol. The number of nitrogens with zero attached hydrogens (tertiary/aromatic N) is 1. The SMILES string of the molecule is CN(CCC(F)(F)F)C(=O)C1(N)CC1. The standard InChI is InChI=1S/C8H13F3N2O/c1-13(5-4-8(9,10)11)6(14)7(12)2-3-7/h2-5,12H2,1H3. The first kappa shape index (κ1) is 11.3. The zero-order valence-electron chi connectivity index (χ0n) is 7.90. The first-order valence-corrected chi connectivity index (χ1v) is 4.36. The Hall–Kier alpha value is -0.780. The van der Waals surface area contributed by atoms with Crippen LogP contribution in [0.4, 0.5) is 13.2 Å². The molecule has 0 heterocycles. The Morgan fingerprint density at radius 1 is 1.50 bits per heavy atom. The van der Waals surface area contributed by atoms with Crippen molar-refractivity contribution in [3.63, 3.8) is 0 Å². The fourth-order valence-electron chi connectivity index (χ4n) is 1.12. The Bertz CT molecular complexity index is 235. The van der Waals surface area contributed by atoms with E-state index in [1.807, 2.05) is 0 Å². The van der Waals surface area contributed by atoms with Gasteiger partial charge in [0.1, 0.15) is 0 Å². The monoisotopic (exact) mass is 210 g/mol. The van der Waals surface area contributed by atoms with Crippen LogP contribution in [0.5, 0.6) is 0 Å². The summed E-state index contributed by atoms with van der Waals surface area (Å²) in [5, 5.41) is 0. The summed E-state index contributed by atoms with van der Waals surface area (Å²) in [6.07, 6.45) is -4.06. The van der Waals surface area contributed by atoms with Gasteiger partial charge in [-0.25, -0.2) is 0 Å². The first-order valence-electron chi connectivity index (χ1n) is 4.36. The van der Waals surface area contributed by atoms with E-state index in [1.54, 1.807) is 0 Å². The fourth-order valence-corrected chi connectivity index (χ4v) is 1.12. The van der Waals surface area contributed by atoms with Crippen molar-refractivity contribution >= 4 is 5.91 Å². The van der Waals surface area contributed by atoms with Crippen LogP contribution >= 0.6 is 0 Å². The van der Waals surface area contributed by atoms with Crippen LogP contribution in [-0.4, -0.2) is 36.1 Å². The molecule has 0 aromatic heterocycles. The van der Waals surface area contributed by atoms with Gasteiger partial charge in [0.15, 0.2) is 0 Å². The molecule has 0 bridgehead atoms. The maximum Gasteiger partial charge on any atom is 0.390 e. The van der Waals surface area contributed by atoms with Crippen LogP contribution in [0.2, 0.25) is 0 Å². The van der Waals surface area contributed by atoms with Gasteiger partial charge in [-0.2, -0.15) is 13.2 Å². The van der Waals surface area contributed by atoms with Crippen LogP contribution in [0.15, 0.2) is 0 Å². The second-order valence-corrected chi connectivity index (χ2v) is 3.75. The zero-order valence-corrected chi connectivity index (χ0v) is 7.90. The Morgan fingerprint density at radius 3 is 2.36 bits per heavy atom. The zero-order chi connectivity index (χ0) is 11.0. The van der Waals surface area contributed by atoms with E-state index in [9.17, 15) is 18.0 Å². The van der Waals surface area contributed by atoms with Gasteiger partial charge in [-0.3, -0.25) is 4.79 Å². The molecule has 0 spiro atoms. The number of halogens is 3. The van der Waals surface area contributed by atoms with Crippen LogP contribution in [0.1, 0.15) is 19.3 Å². The van der Waals surface area contributed by atoms with Gasteiger partial charge in [-0.1, -0.05) is 0 Å². The molecular weight excluding hydrogens is 197 g/mol. The van der Waals surface area contributed by atoms with Crippen molar-refractivity contribution in [2.75, 3.05) is 13.6 Å². The molecule has 3 nitrogen and oxygen atoms in total. The second kappa shape index (κ2) is 3.42. The maximum atomic E-state index is 11.8. The molecule has 6 heteroatoms. The summed E-state index contributed by atoms with van der Waals surface area (Å²) in [5.41, 5.74) is 4.68. The minimum absolute atomic E-state index is 0.318. The van der Waals surface area contributed by atoms with E-state index < -0.39 is 18.1 Å². The lowest BCUT2D eigenvalue weighted by atomic mass is 10.2. The third-order valence-electron chi connectivity index (χ3n) is 2.29. The molecule has 14 heavy (non-hydrogen) atoms. The van der Waals surface area contributed by atoms with Gasteiger partial charge in [0, 0.05) is 13.6 Å². The first-order chi connectivity index (χ1) is 6.25. The lowest BCUT2D eigenvalue weighted by molar-refractivity contribution is -0.145. The Kier molecular flexibility index (Phi) is 2.76.